The monoisotopic (exact) mass is 210 g/mol. The van der Waals surface area contributed by atoms with Crippen LogP contribution in [0.25, 0.3) is 0 Å². The van der Waals surface area contributed by atoms with Gasteiger partial charge in [0.25, 0.3) is 0 Å². The van der Waals surface area contributed by atoms with E-state index in [9.17, 15) is 5.11 Å². The second-order valence-corrected chi connectivity index (χ2v) is 3.64. The molecule has 0 spiro atoms. The van der Waals surface area contributed by atoms with E-state index in [1.54, 1.807) is 12.1 Å². The highest BCUT2D eigenvalue weighted by atomic mass is 16.3. The van der Waals surface area contributed by atoms with Crippen molar-refractivity contribution in [3.63, 3.8) is 0 Å². The molecule has 1 heterocycles. The van der Waals surface area contributed by atoms with E-state index in [0.717, 1.165) is 0 Å². The second-order valence-electron chi connectivity index (χ2n) is 3.64. The Labute approximate surface area is 87.9 Å². The number of furan rings is 1. The minimum Gasteiger partial charge on any atom is -0.449 e. The molecule has 5 heteroatoms. The van der Waals surface area contributed by atoms with Crippen LogP contribution in [0.1, 0.15) is 18.4 Å². The molecule has 3 N–H and O–H groups in total. The third kappa shape index (κ3) is 3.72. The van der Waals surface area contributed by atoms with Gasteiger partial charge in [-0.05, 0) is 19.1 Å². The Bertz CT molecular complexity index is 352. The van der Waals surface area contributed by atoms with Gasteiger partial charge in [0.1, 0.15) is 11.8 Å². The van der Waals surface area contributed by atoms with Gasteiger partial charge in [0.2, 0.25) is 5.76 Å². The SMILES string of the molecule is CC(O)(CO)CNCc1ccc(C#N)o1. The quantitative estimate of drug-likeness (QED) is 0.635. The number of nitrogens with one attached hydrogen (secondary N) is 1. The van der Waals surface area contributed by atoms with Crippen LogP contribution in [-0.2, 0) is 6.54 Å². The van der Waals surface area contributed by atoms with Gasteiger partial charge in [-0.1, -0.05) is 0 Å². The molecule has 5 nitrogen and oxygen atoms in total. The van der Waals surface area contributed by atoms with Crippen molar-refractivity contribution in [3.05, 3.63) is 23.7 Å². The van der Waals surface area contributed by atoms with Crippen molar-refractivity contribution in [2.24, 2.45) is 0 Å². The van der Waals surface area contributed by atoms with E-state index < -0.39 is 5.60 Å². The molecule has 0 fully saturated rings. The molecule has 0 aliphatic carbocycles. The van der Waals surface area contributed by atoms with Crippen LogP contribution >= 0.6 is 0 Å². The van der Waals surface area contributed by atoms with Crippen LogP contribution in [0.5, 0.6) is 0 Å². The van der Waals surface area contributed by atoms with E-state index in [2.05, 4.69) is 5.32 Å². The summed E-state index contributed by atoms with van der Waals surface area (Å²) in [5.41, 5.74) is -1.13. The standard InChI is InChI=1S/C10H14N2O3/c1-10(14,7-13)6-12-5-9-3-2-8(4-11)15-9/h2-3,12-14H,5-7H2,1H3. The van der Waals surface area contributed by atoms with Crippen molar-refractivity contribution in [1.82, 2.24) is 5.32 Å². The summed E-state index contributed by atoms with van der Waals surface area (Å²) in [6.07, 6.45) is 0. The van der Waals surface area contributed by atoms with Crippen LogP contribution in [0.15, 0.2) is 16.5 Å². The van der Waals surface area contributed by atoms with Crippen LogP contribution in [-0.4, -0.2) is 29.0 Å². The molecule has 0 aromatic carbocycles. The van der Waals surface area contributed by atoms with Crippen molar-refractivity contribution in [1.29, 1.82) is 5.26 Å². The van der Waals surface area contributed by atoms with Gasteiger partial charge in [-0.15, -0.1) is 0 Å². The fourth-order valence-corrected chi connectivity index (χ4v) is 1.04. The number of hydrogen-bond acceptors (Lipinski definition) is 5. The van der Waals surface area contributed by atoms with E-state index in [1.165, 1.54) is 6.92 Å². The van der Waals surface area contributed by atoms with Crippen molar-refractivity contribution in [3.8, 4) is 6.07 Å². The first-order chi connectivity index (χ1) is 7.07. The number of hydrogen-bond donors (Lipinski definition) is 3. The maximum absolute atomic E-state index is 9.46. The summed E-state index contributed by atoms with van der Waals surface area (Å²) in [4.78, 5) is 0. The fourth-order valence-electron chi connectivity index (χ4n) is 1.04. The molecule has 0 aliphatic rings. The van der Waals surface area contributed by atoms with Gasteiger partial charge in [0.15, 0.2) is 0 Å². The number of nitriles is 1. The normalized spacial score (nSPS) is 14.5. The molecule has 1 rings (SSSR count). The molecule has 0 bridgehead atoms. The molecule has 0 amide bonds. The molecule has 1 atom stereocenters. The zero-order chi connectivity index (χ0) is 11.3. The van der Waals surface area contributed by atoms with E-state index in [1.807, 2.05) is 6.07 Å². The van der Waals surface area contributed by atoms with Crippen LogP contribution in [0.2, 0.25) is 0 Å². The number of rotatable bonds is 5. The molecule has 0 radical (unpaired) electrons. The molecular weight excluding hydrogens is 196 g/mol. The number of nitrogens with zero attached hydrogens (tertiary/aromatic N) is 1. The van der Waals surface area contributed by atoms with Gasteiger partial charge >= 0.3 is 0 Å². The lowest BCUT2D eigenvalue weighted by atomic mass is 10.1. The lowest BCUT2D eigenvalue weighted by Crippen LogP contribution is -2.40. The Morgan fingerprint density at radius 3 is 2.87 bits per heavy atom. The number of aliphatic hydroxyl groups excluding tert-OH is 1. The first-order valence-corrected chi connectivity index (χ1v) is 4.60. The van der Waals surface area contributed by atoms with Crippen LogP contribution in [0.3, 0.4) is 0 Å². The predicted octanol–water partition coefficient (Wildman–Crippen LogP) is -0.0158. The van der Waals surface area contributed by atoms with Crippen molar-refractivity contribution in [2.45, 2.75) is 19.1 Å². The highest BCUT2D eigenvalue weighted by Gasteiger charge is 2.18. The largest absolute Gasteiger partial charge is 0.449 e. The zero-order valence-electron chi connectivity index (χ0n) is 8.53. The van der Waals surface area contributed by atoms with E-state index in [4.69, 9.17) is 14.8 Å². The average molecular weight is 210 g/mol. The van der Waals surface area contributed by atoms with Gasteiger partial charge in [0, 0.05) is 6.54 Å². The third-order valence-electron chi connectivity index (χ3n) is 1.92. The minimum atomic E-state index is -1.13. The summed E-state index contributed by atoms with van der Waals surface area (Å²) < 4.78 is 5.11. The highest BCUT2D eigenvalue weighted by Crippen LogP contribution is 2.06. The van der Waals surface area contributed by atoms with E-state index >= 15 is 0 Å². The molecule has 82 valence electrons. The van der Waals surface area contributed by atoms with E-state index in [-0.39, 0.29) is 18.9 Å². The van der Waals surface area contributed by atoms with E-state index in [0.29, 0.717) is 12.3 Å². The Morgan fingerprint density at radius 2 is 2.33 bits per heavy atom. The summed E-state index contributed by atoms with van der Waals surface area (Å²) in [6.45, 7) is 1.90. The Hall–Kier alpha value is -1.35. The molecular formula is C10H14N2O3. The van der Waals surface area contributed by atoms with Crippen molar-refractivity contribution < 1.29 is 14.6 Å². The van der Waals surface area contributed by atoms with Crippen LogP contribution in [0.4, 0.5) is 0 Å². The lowest BCUT2D eigenvalue weighted by molar-refractivity contribution is 0.00227. The van der Waals surface area contributed by atoms with Crippen molar-refractivity contribution >= 4 is 0 Å². The molecule has 0 aliphatic heterocycles. The topological polar surface area (TPSA) is 89.4 Å². The van der Waals surface area contributed by atoms with Crippen LogP contribution in [0, 0.1) is 11.3 Å². The maximum atomic E-state index is 9.46. The highest BCUT2D eigenvalue weighted by molar-refractivity contribution is 5.18. The maximum Gasteiger partial charge on any atom is 0.203 e. The first kappa shape index (κ1) is 11.7. The lowest BCUT2D eigenvalue weighted by Gasteiger charge is -2.20. The number of aliphatic hydroxyl groups is 2. The molecule has 0 saturated heterocycles. The molecule has 1 aromatic rings. The minimum absolute atomic E-state index is 0.256. The van der Waals surface area contributed by atoms with Gasteiger partial charge in [-0.2, -0.15) is 5.26 Å². The van der Waals surface area contributed by atoms with Crippen LogP contribution < -0.4 is 5.32 Å². The van der Waals surface area contributed by atoms with Gasteiger partial charge < -0.3 is 19.9 Å². The summed E-state index contributed by atoms with van der Waals surface area (Å²) in [5, 5.41) is 29.7. The Morgan fingerprint density at radius 1 is 1.60 bits per heavy atom. The summed E-state index contributed by atoms with van der Waals surface area (Å²) in [5.74, 6) is 0.890. The smallest absolute Gasteiger partial charge is 0.203 e. The van der Waals surface area contributed by atoms with Gasteiger partial charge in [-0.25, -0.2) is 0 Å². The second kappa shape index (κ2) is 4.94. The third-order valence-corrected chi connectivity index (χ3v) is 1.92. The molecule has 15 heavy (non-hydrogen) atoms. The Balaban J connectivity index is 2.35. The summed E-state index contributed by atoms with van der Waals surface area (Å²) in [6, 6.07) is 5.16. The van der Waals surface area contributed by atoms with Gasteiger partial charge in [-0.3, -0.25) is 0 Å². The summed E-state index contributed by atoms with van der Waals surface area (Å²) in [7, 11) is 0. The molecule has 0 saturated carbocycles. The zero-order valence-corrected chi connectivity index (χ0v) is 8.53. The van der Waals surface area contributed by atoms with Crippen molar-refractivity contribution in [2.75, 3.05) is 13.2 Å². The fraction of sp³-hybridized carbons (Fsp3) is 0.500. The molecule has 1 unspecified atom stereocenters. The molecule has 1 aromatic heterocycles. The van der Waals surface area contributed by atoms with Gasteiger partial charge in [0.05, 0.1) is 18.8 Å². The first-order valence-electron chi connectivity index (χ1n) is 4.60. The predicted molar refractivity (Wildman–Crippen MR) is 52.8 cm³/mol. The average Bonchev–Trinajstić information content (AvgIpc) is 2.66. The Kier molecular flexibility index (Phi) is 3.86. The summed E-state index contributed by atoms with van der Waals surface area (Å²) >= 11 is 0.